The van der Waals surface area contributed by atoms with Crippen LogP contribution in [0.4, 0.5) is 0 Å². The van der Waals surface area contributed by atoms with Crippen molar-refractivity contribution < 1.29 is 14.2 Å². The molecule has 1 rings (SSSR count). The number of aromatic nitrogens is 4. The quantitative estimate of drug-likeness (QED) is 0.356. The van der Waals surface area contributed by atoms with E-state index in [-0.39, 0.29) is 6.29 Å². The molecule has 104 valence electrons. The molecule has 7 nitrogen and oxygen atoms in total. The van der Waals surface area contributed by atoms with Gasteiger partial charge in [0.1, 0.15) is 0 Å². The zero-order chi connectivity index (χ0) is 13.2. The molecule has 0 radical (unpaired) electrons. The van der Waals surface area contributed by atoms with Gasteiger partial charge in [0.2, 0.25) is 5.16 Å². The van der Waals surface area contributed by atoms with Crippen LogP contribution >= 0.6 is 11.8 Å². The zero-order valence-corrected chi connectivity index (χ0v) is 11.9. The second kappa shape index (κ2) is 9.26. The third-order valence-corrected chi connectivity index (χ3v) is 3.08. The molecule has 0 aromatic carbocycles. The number of rotatable bonds is 10. The topological polar surface area (TPSA) is 71.3 Å². The van der Waals surface area contributed by atoms with Gasteiger partial charge in [-0.05, 0) is 16.8 Å². The molecule has 1 aromatic heterocycles. The lowest BCUT2D eigenvalue weighted by molar-refractivity contribution is -0.113. The number of nitrogens with zero attached hydrogens (tertiary/aromatic N) is 4. The first-order valence-electron chi connectivity index (χ1n) is 5.84. The summed E-state index contributed by atoms with van der Waals surface area (Å²) in [6.45, 7) is 4.05. The van der Waals surface area contributed by atoms with Crippen molar-refractivity contribution >= 4 is 11.8 Å². The van der Waals surface area contributed by atoms with Crippen molar-refractivity contribution in [1.82, 2.24) is 20.2 Å². The third kappa shape index (κ3) is 5.30. The van der Waals surface area contributed by atoms with Crippen LogP contribution < -0.4 is 0 Å². The largest absolute Gasteiger partial charge is 0.381 e. The third-order valence-electron chi connectivity index (χ3n) is 2.15. The normalized spacial score (nSPS) is 11.3. The van der Waals surface area contributed by atoms with Crippen LogP contribution in [0.5, 0.6) is 0 Å². The van der Waals surface area contributed by atoms with Gasteiger partial charge in [0, 0.05) is 26.6 Å². The Morgan fingerprint density at radius 1 is 1.28 bits per heavy atom. The summed E-state index contributed by atoms with van der Waals surface area (Å²) in [5.41, 5.74) is 0. The van der Waals surface area contributed by atoms with Gasteiger partial charge < -0.3 is 14.2 Å². The lowest BCUT2D eigenvalue weighted by Crippen LogP contribution is -2.22. The summed E-state index contributed by atoms with van der Waals surface area (Å²) in [5, 5.41) is 12.2. The van der Waals surface area contributed by atoms with Crippen molar-refractivity contribution in [3.8, 4) is 0 Å². The van der Waals surface area contributed by atoms with Crippen LogP contribution in [0.3, 0.4) is 0 Å². The van der Waals surface area contributed by atoms with Crippen molar-refractivity contribution in [2.45, 2.75) is 31.3 Å². The van der Waals surface area contributed by atoms with E-state index in [1.165, 1.54) is 0 Å². The van der Waals surface area contributed by atoms with Crippen LogP contribution in [-0.4, -0.2) is 59.7 Å². The molecule has 0 spiro atoms. The highest BCUT2D eigenvalue weighted by molar-refractivity contribution is 7.99. The summed E-state index contributed by atoms with van der Waals surface area (Å²) in [6, 6.07) is 0. The highest BCUT2D eigenvalue weighted by Gasteiger charge is 2.12. The number of ether oxygens (including phenoxy) is 3. The van der Waals surface area contributed by atoms with E-state index in [2.05, 4.69) is 22.4 Å². The number of tetrazole rings is 1. The molecule has 0 unspecified atom stereocenters. The molecule has 18 heavy (non-hydrogen) atoms. The van der Waals surface area contributed by atoms with Gasteiger partial charge in [-0.3, -0.25) is 0 Å². The van der Waals surface area contributed by atoms with Gasteiger partial charge in [-0.1, -0.05) is 18.7 Å². The van der Waals surface area contributed by atoms with E-state index in [1.54, 1.807) is 30.7 Å². The molecule has 0 aliphatic carbocycles. The summed E-state index contributed by atoms with van der Waals surface area (Å²) >= 11 is 1.56. The van der Waals surface area contributed by atoms with Crippen molar-refractivity contribution in [1.29, 1.82) is 0 Å². The van der Waals surface area contributed by atoms with E-state index in [0.717, 1.165) is 23.9 Å². The van der Waals surface area contributed by atoms with Crippen molar-refractivity contribution in [3.63, 3.8) is 0 Å². The van der Waals surface area contributed by atoms with Gasteiger partial charge in [-0.15, -0.1) is 5.10 Å². The first kappa shape index (κ1) is 15.4. The van der Waals surface area contributed by atoms with Crippen molar-refractivity contribution in [2.24, 2.45) is 0 Å². The van der Waals surface area contributed by atoms with Gasteiger partial charge in [0.25, 0.3) is 0 Å². The van der Waals surface area contributed by atoms with Gasteiger partial charge in [-0.25, -0.2) is 4.68 Å². The van der Waals surface area contributed by atoms with E-state index in [9.17, 15) is 0 Å². The lowest BCUT2D eigenvalue weighted by Gasteiger charge is -2.13. The molecule has 0 bridgehead atoms. The van der Waals surface area contributed by atoms with E-state index in [4.69, 9.17) is 14.2 Å². The molecular formula is C10H20N4O3S. The highest BCUT2D eigenvalue weighted by Crippen LogP contribution is 2.14. The molecule has 0 N–H and O–H groups in total. The minimum atomic E-state index is -0.343. The second-order valence-electron chi connectivity index (χ2n) is 3.51. The second-order valence-corrected chi connectivity index (χ2v) is 4.57. The van der Waals surface area contributed by atoms with E-state index in [0.29, 0.717) is 13.2 Å². The smallest absolute Gasteiger partial charge is 0.209 e. The molecule has 0 fully saturated rings. The molecule has 1 heterocycles. The number of hydrogen-bond donors (Lipinski definition) is 0. The fourth-order valence-electron chi connectivity index (χ4n) is 1.24. The van der Waals surface area contributed by atoms with Crippen molar-refractivity contribution in [3.05, 3.63) is 0 Å². The Balaban J connectivity index is 2.35. The monoisotopic (exact) mass is 276 g/mol. The van der Waals surface area contributed by atoms with Crippen LogP contribution in [-0.2, 0) is 20.8 Å². The van der Waals surface area contributed by atoms with Crippen LogP contribution in [0.15, 0.2) is 5.16 Å². The van der Waals surface area contributed by atoms with Crippen molar-refractivity contribution in [2.75, 3.05) is 33.2 Å². The highest BCUT2D eigenvalue weighted by atomic mass is 32.2. The Morgan fingerprint density at radius 2 is 2.06 bits per heavy atom. The summed E-state index contributed by atoms with van der Waals surface area (Å²) in [6.07, 6.45) is 0.690. The Hall–Kier alpha value is -0.700. The van der Waals surface area contributed by atoms with Gasteiger partial charge >= 0.3 is 0 Å². The summed E-state index contributed by atoms with van der Waals surface area (Å²) in [4.78, 5) is 0. The Bertz CT molecular complexity index is 320. The Kier molecular flexibility index (Phi) is 7.90. The standard InChI is InChI=1S/C10H20N4O3S/c1-4-5-17-6-7-18-10-11-12-13-14(10)8-9(15-2)16-3/h9H,4-8H2,1-3H3. The molecule has 0 saturated carbocycles. The Morgan fingerprint density at radius 3 is 2.72 bits per heavy atom. The first-order valence-corrected chi connectivity index (χ1v) is 6.82. The maximum absolute atomic E-state index is 5.40. The fraction of sp³-hybridized carbons (Fsp3) is 0.900. The predicted octanol–water partition coefficient (Wildman–Crippen LogP) is 0.811. The molecule has 0 amide bonds. The Labute approximate surface area is 111 Å². The minimum Gasteiger partial charge on any atom is -0.381 e. The predicted molar refractivity (Wildman–Crippen MR) is 67.5 cm³/mol. The molecular weight excluding hydrogens is 256 g/mol. The maximum Gasteiger partial charge on any atom is 0.209 e. The summed E-state index contributed by atoms with van der Waals surface area (Å²) < 4.78 is 17.3. The van der Waals surface area contributed by atoms with Crippen LogP contribution in [0.25, 0.3) is 0 Å². The van der Waals surface area contributed by atoms with Crippen LogP contribution in [0, 0.1) is 0 Å². The summed E-state index contributed by atoms with van der Waals surface area (Å²) in [7, 11) is 3.17. The SMILES string of the molecule is CCCOCCSc1nnnn1CC(OC)OC. The van der Waals surface area contributed by atoms with E-state index >= 15 is 0 Å². The zero-order valence-electron chi connectivity index (χ0n) is 11.0. The average Bonchev–Trinajstić information content (AvgIpc) is 2.83. The average molecular weight is 276 g/mol. The molecule has 0 atom stereocenters. The number of methoxy groups -OCH3 is 2. The van der Waals surface area contributed by atoms with Crippen LogP contribution in [0.1, 0.15) is 13.3 Å². The van der Waals surface area contributed by atoms with E-state index < -0.39 is 0 Å². The minimum absolute atomic E-state index is 0.343. The van der Waals surface area contributed by atoms with Gasteiger partial charge in [0.15, 0.2) is 6.29 Å². The maximum atomic E-state index is 5.40. The molecule has 0 aliphatic rings. The molecule has 0 saturated heterocycles. The van der Waals surface area contributed by atoms with Gasteiger partial charge in [0.05, 0.1) is 13.2 Å². The van der Waals surface area contributed by atoms with Crippen LogP contribution in [0.2, 0.25) is 0 Å². The molecule has 0 aliphatic heterocycles. The first-order chi connectivity index (χ1) is 8.81. The number of hydrogen-bond acceptors (Lipinski definition) is 7. The van der Waals surface area contributed by atoms with E-state index in [1.807, 2.05) is 0 Å². The molecule has 1 aromatic rings. The summed E-state index contributed by atoms with van der Waals surface area (Å²) in [5.74, 6) is 0.824. The number of thioether (sulfide) groups is 1. The lowest BCUT2D eigenvalue weighted by atomic mass is 10.5. The fourth-order valence-corrected chi connectivity index (χ4v) is 1.98. The molecule has 8 heteroatoms. The van der Waals surface area contributed by atoms with Gasteiger partial charge in [-0.2, -0.15) is 0 Å².